The van der Waals surface area contributed by atoms with E-state index in [0.717, 1.165) is 22.2 Å². The fourth-order valence-electron chi connectivity index (χ4n) is 5.33. The molecule has 1 saturated heterocycles. The van der Waals surface area contributed by atoms with Crippen molar-refractivity contribution in [3.8, 4) is 0 Å². The van der Waals surface area contributed by atoms with Crippen LogP contribution >= 0.6 is 0 Å². The highest BCUT2D eigenvalue weighted by Gasteiger charge is 2.60. The number of amides is 2. The Balaban J connectivity index is 1.54. The molecule has 1 fully saturated rings. The Morgan fingerprint density at radius 1 is 1.16 bits per heavy atom. The lowest BCUT2D eigenvalue weighted by molar-refractivity contribution is -0.121. The molecule has 6 rings (SSSR count). The SMILES string of the molecule is Cn1ccnc1[C@@H]1N(C(=O)c2cccc3[nH]ccc23)CC[C@]12C(=O)Nc1ccccc12. The van der Waals surface area contributed by atoms with Gasteiger partial charge in [0.2, 0.25) is 5.91 Å². The van der Waals surface area contributed by atoms with E-state index in [1.165, 1.54) is 0 Å². The number of aromatic nitrogens is 3. The van der Waals surface area contributed by atoms with Crippen LogP contribution in [-0.2, 0) is 17.3 Å². The minimum Gasteiger partial charge on any atom is -0.361 e. The van der Waals surface area contributed by atoms with E-state index in [9.17, 15) is 9.59 Å². The molecule has 31 heavy (non-hydrogen) atoms. The summed E-state index contributed by atoms with van der Waals surface area (Å²) in [6, 6.07) is 14.9. The van der Waals surface area contributed by atoms with Crippen LogP contribution in [0.3, 0.4) is 0 Å². The van der Waals surface area contributed by atoms with Gasteiger partial charge in [-0.15, -0.1) is 0 Å². The number of para-hydroxylation sites is 1. The molecule has 2 aromatic carbocycles. The number of carbonyl (C=O) groups is 2. The number of imidazole rings is 1. The molecule has 2 atom stereocenters. The lowest BCUT2D eigenvalue weighted by atomic mass is 9.74. The van der Waals surface area contributed by atoms with Gasteiger partial charge in [-0.25, -0.2) is 4.98 Å². The molecule has 7 nitrogen and oxygen atoms in total. The second-order valence-electron chi connectivity index (χ2n) is 8.26. The summed E-state index contributed by atoms with van der Waals surface area (Å²) in [7, 11) is 1.91. The third kappa shape index (κ3) is 2.31. The highest BCUT2D eigenvalue weighted by molar-refractivity contribution is 6.10. The van der Waals surface area contributed by atoms with Crippen molar-refractivity contribution < 1.29 is 9.59 Å². The van der Waals surface area contributed by atoms with Gasteiger partial charge in [0, 0.05) is 54.3 Å². The largest absolute Gasteiger partial charge is 0.361 e. The number of fused-ring (bicyclic) bond motifs is 3. The second kappa shape index (κ2) is 6.31. The average molecular weight is 411 g/mol. The summed E-state index contributed by atoms with van der Waals surface area (Å²) in [6.07, 6.45) is 5.96. The number of hydrogen-bond acceptors (Lipinski definition) is 3. The van der Waals surface area contributed by atoms with Gasteiger partial charge in [-0.3, -0.25) is 9.59 Å². The highest BCUT2D eigenvalue weighted by atomic mass is 16.2. The Morgan fingerprint density at radius 2 is 2.03 bits per heavy atom. The maximum absolute atomic E-state index is 13.9. The highest BCUT2D eigenvalue weighted by Crippen LogP contribution is 2.54. The molecule has 4 aromatic rings. The average Bonchev–Trinajstić information content (AvgIpc) is 3.55. The first-order valence-corrected chi connectivity index (χ1v) is 10.4. The zero-order valence-corrected chi connectivity index (χ0v) is 17.0. The molecule has 2 N–H and O–H groups in total. The lowest BCUT2D eigenvalue weighted by Crippen LogP contribution is -2.43. The Bertz CT molecular complexity index is 1350. The minimum absolute atomic E-state index is 0.0724. The van der Waals surface area contributed by atoms with Crippen molar-refractivity contribution in [2.75, 3.05) is 11.9 Å². The van der Waals surface area contributed by atoms with E-state index in [-0.39, 0.29) is 11.8 Å². The number of likely N-dealkylation sites (tertiary alicyclic amines) is 1. The Kier molecular flexibility index (Phi) is 3.65. The smallest absolute Gasteiger partial charge is 0.255 e. The molecule has 7 heteroatoms. The Labute approximate surface area is 178 Å². The molecule has 0 radical (unpaired) electrons. The molecule has 0 unspecified atom stereocenters. The minimum atomic E-state index is -0.864. The zero-order valence-electron chi connectivity index (χ0n) is 17.0. The predicted octanol–water partition coefficient (Wildman–Crippen LogP) is 3.38. The molecule has 2 aliphatic heterocycles. The number of rotatable bonds is 2. The summed E-state index contributed by atoms with van der Waals surface area (Å²) >= 11 is 0. The summed E-state index contributed by atoms with van der Waals surface area (Å²) < 4.78 is 1.91. The first-order valence-electron chi connectivity index (χ1n) is 10.4. The molecule has 0 saturated carbocycles. The fraction of sp³-hybridized carbons (Fsp3) is 0.208. The molecule has 154 valence electrons. The van der Waals surface area contributed by atoms with Crippen LogP contribution in [0.5, 0.6) is 0 Å². The molecule has 2 amide bonds. The summed E-state index contributed by atoms with van der Waals surface area (Å²) in [5, 5.41) is 3.93. The van der Waals surface area contributed by atoms with Crippen molar-refractivity contribution in [3.63, 3.8) is 0 Å². The zero-order chi connectivity index (χ0) is 21.2. The van der Waals surface area contributed by atoms with Crippen LogP contribution in [0.1, 0.15) is 34.2 Å². The monoisotopic (exact) mass is 411 g/mol. The number of nitrogens with zero attached hydrogens (tertiary/aromatic N) is 3. The Hall–Kier alpha value is -3.87. The van der Waals surface area contributed by atoms with Crippen molar-refractivity contribution in [1.29, 1.82) is 0 Å². The van der Waals surface area contributed by atoms with Gasteiger partial charge in [0.25, 0.3) is 5.91 Å². The van der Waals surface area contributed by atoms with E-state index >= 15 is 0 Å². The summed E-state index contributed by atoms with van der Waals surface area (Å²) in [5.74, 6) is 0.544. The molecular formula is C24H21N5O2. The first kappa shape index (κ1) is 17.9. The number of aromatic amines is 1. The molecular weight excluding hydrogens is 390 g/mol. The molecule has 4 heterocycles. The maximum Gasteiger partial charge on any atom is 0.255 e. The van der Waals surface area contributed by atoms with Crippen LogP contribution in [0.25, 0.3) is 10.9 Å². The van der Waals surface area contributed by atoms with Gasteiger partial charge in [0.15, 0.2) is 0 Å². The van der Waals surface area contributed by atoms with Crippen LogP contribution in [0.2, 0.25) is 0 Å². The number of hydrogen-bond donors (Lipinski definition) is 2. The standard InChI is InChI=1S/C24H21N5O2/c1-28-14-12-26-21(28)20-24(17-6-2-3-7-19(17)27-23(24)31)10-13-29(20)22(30)16-5-4-8-18-15(16)9-11-25-18/h2-9,11-12,14,20,25H,10,13H2,1H3,(H,27,31)/t20-,24+/m0/s1. The van der Waals surface area contributed by atoms with Crippen LogP contribution in [0.15, 0.2) is 67.1 Å². The predicted molar refractivity (Wildman–Crippen MR) is 117 cm³/mol. The van der Waals surface area contributed by atoms with Gasteiger partial charge < -0.3 is 19.8 Å². The van der Waals surface area contributed by atoms with Gasteiger partial charge >= 0.3 is 0 Å². The second-order valence-corrected chi connectivity index (χ2v) is 8.26. The van der Waals surface area contributed by atoms with Gasteiger partial charge in [-0.05, 0) is 36.2 Å². The van der Waals surface area contributed by atoms with Crippen molar-refractivity contribution in [2.24, 2.45) is 7.05 Å². The van der Waals surface area contributed by atoms with E-state index in [1.54, 1.807) is 6.20 Å². The van der Waals surface area contributed by atoms with Crippen molar-refractivity contribution >= 4 is 28.4 Å². The molecule has 2 aromatic heterocycles. The number of nitrogens with one attached hydrogen (secondary N) is 2. The van der Waals surface area contributed by atoms with Gasteiger partial charge in [-0.1, -0.05) is 24.3 Å². The third-order valence-electron chi connectivity index (χ3n) is 6.78. The number of carbonyl (C=O) groups excluding carboxylic acids is 2. The van der Waals surface area contributed by atoms with Gasteiger partial charge in [0.05, 0.1) is 0 Å². The molecule has 0 aliphatic carbocycles. The van der Waals surface area contributed by atoms with E-state index < -0.39 is 11.5 Å². The number of anilines is 1. The Morgan fingerprint density at radius 3 is 2.87 bits per heavy atom. The van der Waals surface area contributed by atoms with Gasteiger partial charge in [0.1, 0.15) is 17.3 Å². The van der Waals surface area contributed by atoms with Crippen LogP contribution in [-0.4, -0.2) is 37.8 Å². The van der Waals surface area contributed by atoms with Gasteiger partial charge in [-0.2, -0.15) is 0 Å². The van der Waals surface area contributed by atoms with Crippen LogP contribution in [0, 0.1) is 0 Å². The fourth-order valence-corrected chi connectivity index (χ4v) is 5.33. The van der Waals surface area contributed by atoms with Crippen LogP contribution in [0.4, 0.5) is 5.69 Å². The number of benzene rings is 2. The van der Waals surface area contributed by atoms with E-state index in [4.69, 9.17) is 0 Å². The van der Waals surface area contributed by atoms with Crippen LogP contribution < -0.4 is 5.32 Å². The molecule has 1 spiro atoms. The number of aryl methyl sites for hydroxylation is 1. The lowest BCUT2D eigenvalue weighted by Gasteiger charge is -2.33. The quantitative estimate of drug-likeness (QED) is 0.530. The topological polar surface area (TPSA) is 83.0 Å². The maximum atomic E-state index is 13.9. The van der Waals surface area contributed by atoms with Crippen molar-refractivity contribution in [2.45, 2.75) is 17.9 Å². The van der Waals surface area contributed by atoms with E-state index in [1.807, 2.05) is 77.4 Å². The summed E-state index contributed by atoms with van der Waals surface area (Å²) in [4.78, 5) is 36.9. The van der Waals surface area contributed by atoms with Crippen molar-refractivity contribution in [1.82, 2.24) is 19.4 Å². The molecule has 2 aliphatic rings. The third-order valence-corrected chi connectivity index (χ3v) is 6.78. The first-order chi connectivity index (χ1) is 15.1. The van der Waals surface area contributed by atoms with E-state index in [0.29, 0.717) is 24.4 Å². The van der Waals surface area contributed by atoms with E-state index in [2.05, 4.69) is 15.3 Å². The summed E-state index contributed by atoms with van der Waals surface area (Å²) in [6.45, 7) is 0.471. The number of H-pyrrole nitrogens is 1. The summed E-state index contributed by atoms with van der Waals surface area (Å²) in [5.41, 5.74) is 2.42. The normalized spacial score (nSPS) is 22.3. The molecule has 0 bridgehead atoms. The van der Waals surface area contributed by atoms with Crippen molar-refractivity contribution in [3.05, 3.63) is 84.1 Å².